The normalized spacial score (nSPS) is 29.5. The summed E-state index contributed by atoms with van der Waals surface area (Å²) in [6.45, 7) is 11.7. The minimum absolute atomic E-state index is 0. The summed E-state index contributed by atoms with van der Waals surface area (Å²) >= 11 is 0. The summed E-state index contributed by atoms with van der Waals surface area (Å²) in [5.41, 5.74) is 5.12. The lowest BCUT2D eigenvalue weighted by molar-refractivity contribution is -0.222. The van der Waals surface area contributed by atoms with E-state index in [1.54, 1.807) is 37.7 Å². The Kier molecular flexibility index (Phi) is 19.9. The number of carbonyl (C=O) groups is 8. The van der Waals surface area contributed by atoms with E-state index in [0.29, 0.717) is 68.7 Å². The fourth-order valence-corrected chi connectivity index (χ4v) is 16.1. The number of aliphatic carboxylic acids is 1. The van der Waals surface area contributed by atoms with E-state index in [0.717, 1.165) is 101 Å². The van der Waals surface area contributed by atoms with Gasteiger partial charge in [0.15, 0.2) is 5.78 Å². The third-order valence-electron chi connectivity index (χ3n) is 19.3. The molecule has 0 spiro atoms. The van der Waals surface area contributed by atoms with E-state index in [2.05, 4.69) is 30.4 Å². The van der Waals surface area contributed by atoms with Crippen molar-refractivity contribution < 1.29 is 74.5 Å². The molecule has 20 nitrogen and oxygen atoms in total. The van der Waals surface area contributed by atoms with E-state index >= 15 is 0 Å². The lowest BCUT2D eigenvalue weighted by Gasteiger charge is -2.70. The number of hydrazone groups is 3. The largest absolute Gasteiger partial charge is 0.481 e. The van der Waals surface area contributed by atoms with E-state index in [-0.39, 0.29) is 75.7 Å². The van der Waals surface area contributed by atoms with E-state index in [1.165, 1.54) is 58.3 Å². The molecule has 3 atom stereocenters. The summed E-state index contributed by atoms with van der Waals surface area (Å²) in [6, 6.07) is 8.75. The van der Waals surface area contributed by atoms with Gasteiger partial charge in [0, 0.05) is 107 Å². The Hall–Kier alpha value is -8.10. The number of Topliss-reactive ketones (excluding diaryl/α,β-unsaturated/α-hetero) is 1. The number of rotatable bonds is 15. The number of benzene rings is 3. The van der Waals surface area contributed by atoms with Crippen molar-refractivity contribution in [2.45, 2.75) is 136 Å². The first kappa shape index (κ1) is 69.2. The Labute approximate surface area is 539 Å². The Bertz CT molecular complexity index is 3570. The SMILES string of the molecule is CC(=O)O.CC1=CC(=O)CN1CC12CC(C(=O)N3N=CCC3c3cc(F)cc(F)c3)(C1)C2.CC1=CC(=O)N(CC23CC(C(=O)N4N=CCC4c4cc(F)cc(F)c4)(C2)C3)C1.CCOC(=O)CC(C)=O.Cl.NNCC12CC(C(=O)N3N=CCC3c3cc(F)cc(F)c3)(C1)C2. The number of hydrazine groups is 1. The molecule has 498 valence electrons. The molecule has 5 heterocycles. The second-order valence-corrected chi connectivity index (χ2v) is 27.0. The minimum atomic E-state index is -0.833. The Morgan fingerprint density at radius 1 is 0.570 bits per heavy atom. The molecular formula is C66H75ClF6N10O10. The Morgan fingerprint density at radius 3 is 1.20 bits per heavy atom. The molecule has 3 aromatic carbocycles. The van der Waals surface area contributed by atoms with Crippen LogP contribution in [-0.4, -0.2) is 135 Å². The highest BCUT2D eigenvalue weighted by atomic mass is 35.5. The molecule has 93 heavy (non-hydrogen) atoms. The highest BCUT2D eigenvalue weighted by molar-refractivity contribution is 5.95. The first-order valence-corrected chi connectivity index (χ1v) is 30.6. The molecule has 4 amide bonds. The molecule has 4 N–H and O–H groups in total. The van der Waals surface area contributed by atoms with Crippen LogP contribution >= 0.6 is 12.4 Å². The van der Waals surface area contributed by atoms with Gasteiger partial charge in [-0.3, -0.25) is 49.6 Å². The number of ketones is 2. The molecule has 3 unspecified atom stereocenters. The standard InChI is InChI=1S/2C21H21F2N3O2.C16H18F2N4O.C6H10O3.C2H4O2.ClH/c1-13-4-17(27)8-25(13)12-20-9-21(10-20,11-20)19(28)26-18(2-3-24-26)14-5-15(22)7-16(23)6-14;1-13-4-18(27)25(8-13)12-20-9-21(10-20,11-20)19(28)26-17(2-3-24-26)14-5-15(22)7-16(23)6-14;17-11-3-10(4-12(18)5-11)13-1-2-21-22(13)14(23)16-6-15(7-16,8-16)9-20-19;1-3-9-6(8)4-5(2)7;1-2(3)4;/h3-7,18H,2,8-12H2,1H3;3-7,17H,2,8-12H2,1H3;2-5,13,20H,1,6-9,19H2;3-4H2,1-2H3;1H3,(H,3,4);1H. The summed E-state index contributed by atoms with van der Waals surface area (Å²) in [6.07, 6.45) is 16.5. The number of halogens is 7. The van der Waals surface area contributed by atoms with Gasteiger partial charge >= 0.3 is 5.97 Å². The summed E-state index contributed by atoms with van der Waals surface area (Å²) in [7, 11) is 0. The van der Waals surface area contributed by atoms with Gasteiger partial charge in [0.25, 0.3) is 5.97 Å². The number of carboxylic acids is 1. The molecule has 27 heteroatoms. The minimum Gasteiger partial charge on any atom is -0.481 e. The molecule has 5 aliphatic heterocycles. The van der Waals surface area contributed by atoms with Crippen LogP contribution in [0.5, 0.6) is 0 Å². The first-order valence-electron chi connectivity index (χ1n) is 30.6. The third kappa shape index (κ3) is 14.2. The number of carboxylic acid groups (broad SMARTS) is 1. The predicted molar refractivity (Wildman–Crippen MR) is 329 cm³/mol. The second kappa shape index (κ2) is 26.7. The van der Waals surface area contributed by atoms with Crippen molar-refractivity contribution in [1.82, 2.24) is 30.3 Å². The van der Waals surface area contributed by atoms with Crippen molar-refractivity contribution in [3.63, 3.8) is 0 Å². The van der Waals surface area contributed by atoms with Gasteiger partial charge in [0.05, 0.1) is 47.5 Å². The van der Waals surface area contributed by atoms with Gasteiger partial charge in [0.2, 0.25) is 23.6 Å². The highest BCUT2D eigenvalue weighted by Gasteiger charge is 2.74. The van der Waals surface area contributed by atoms with Gasteiger partial charge in [-0.25, -0.2) is 41.4 Å². The molecular weight excluding hydrogens is 1240 g/mol. The van der Waals surface area contributed by atoms with E-state index in [9.17, 15) is 59.9 Å². The van der Waals surface area contributed by atoms with Crippen molar-refractivity contribution in [2.75, 3.05) is 39.3 Å². The van der Waals surface area contributed by atoms with Crippen LogP contribution in [0.1, 0.15) is 153 Å². The molecule has 0 aromatic heterocycles. The van der Waals surface area contributed by atoms with Crippen molar-refractivity contribution in [1.29, 1.82) is 0 Å². The number of allylic oxidation sites excluding steroid dienone is 1. The predicted octanol–water partition coefficient (Wildman–Crippen LogP) is 9.26. The van der Waals surface area contributed by atoms with Gasteiger partial charge in [-0.2, -0.15) is 15.3 Å². The van der Waals surface area contributed by atoms with E-state index in [4.69, 9.17) is 15.7 Å². The van der Waals surface area contributed by atoms with Crippen molar-refractivity contribution >= 4 is 78.2 Å². The fraction of sp³-hybridized carbons (Fsp3) is 0.500. The van der Waals surface area contributed by atoms with Gasteiger partial charge < -0.3 is 19.6 Å². The van der Waals surface area contributed by atoms with Crippen LogP contribution in [0.25, 0.3) is 0 Å². The van der Waals surface area contributed by atoms with Crippen molar-refractivity contribution in [3.8, 4) is 0 Å². The lowest BCUT2D eigenvalue weighted by Crippen LogP contribution is -2.70. The molecule has 9 aliphatic carbocycles. The number of hydrogen-bond acceptors (Lipinski definition) is 15. The van der Waals surface area contributed by atoms with E-state index in [1.807, 2.05) is 18.7 Å². The fourth-order valence-electron chi connectivity index (χ4n) is 16.1. The van der Waals surface area contributed by atoms with Crippen LogP contribution in [0, 0.1) is 67.4 Å². The lowest BCUT2D eigenvalue weighted by atomic mass is 9.34. The van der Waals surface area contributed by atoms with Gasteiger partial charge in [-0.05, 0) is 160 Å². The zero-order chi connectivity index (χ0) is 66.5. The molecule has 0 saturated heterocycles. The topological polar surface area (TPSA) is 257 Å². The number of amides is 4. The van der Waals surface area contributed by atoms with Gasteiger partial charge in [-0.1, -0.05) is 0 Å². The zero-order valence-corrected chi connectivity index (χ0v) is 53.0. The Morgan fingerprint density at radius 2 is 0.914 bits per heavy atom. The molecule has 3 aromatic rings. The second-order valence-electron chi connectivity index (χ2n) is 27.0. The molecule has 9 saturated carbocycles. The van der Waals surface area contributed by atoms with Crippen molar-refractivity contribution in [3.05, 3.63) is 130 Å². The van der Waals surface area contributed by atoms with Crippen LogP contribution in [0.15, 0.2) is 93.3 Å². The summed E-state index contributed by atoms with van der Waals surface area (Å²) in [5, 5.41) is 24.3. The van der Waals surface area contributed by atoms with Crippen LogP contribution in [-0.2, 0) is 43.1 Å². The number of nitrogens with one attached hydrogen (secondary N) is 1. The van der Waals surface area contributed by atoms with Gasteiger partial charge in [0.1, 0.15) is 47.1 Å². The molecule has 17 rings (SSSR count). The number of nitrogens with zero attached hydrogens (tertiary/aromatic N) is 8. The summed E-state index contributed by atoms with van der Waals surface area (Å²) < 4.78 is 85.9. The van der Waals surface area contributed by atoms with Crippen LogP contribution < -0.4 is 11.3 Å². The first-order chi connectivity index (χ1) is 43.4. The number of ether oxygens (including phenoxy) is 1. The number of hydrogen-bond donors (Lipinski definition) is 3. The average Bonchev–Trinajstić information content (AvgIpc) is 1.22. The monoisotopic (exact) mass is 1320 g/mol. The smallest absolute Gasteiger partial charge is 0.313 e. The number of nitrogens with two attached hydrogens (primary N) is 1. The van der Waals surface area contributed by atoms with Crippen LogP contribution in [0.4, 0.5) is 26.3 Å². The molecule has 0 radical (unpaired) electrons. The van der Waals surface area contributed by atoms with E-state index < -0.39 is 75.8 Å². The maximum absolute atomic E-state index is 13.6. The van der Waals surface area contributed by atoms with Crippen LogP contribution in [0.2, 0.25) is 0 Å². The van der Waals surface area contributed by atoms with Gasteiger partial charge in [-0.15, -0.1) is 12.4 Å². The highest BCUT2D eigenvalue weighted by Crippen LogP contribution is 2.76. The maximum atomic E-state index is 13.6. The Balaban J connectivity index is 0.000000150. The molecule has 6 bridgehead atoms. The quantitative estimate of drug-likeness (QED) is 0.0422. The van der Waals surface area contributed by atoms with Crippen molar-refractivity contribution in [2.24, 2.45) is 53.6 Å². The third-order valence-corrected chi connectivity index (χ3v) is 19.3. The molecule has 9 fully saturated rings. The summed E-state index contributed by atoms with van der Waals surface area (Å²) in [4.78, 5) is 96.4. The maximum Gasteiger partial charge on any atom is 0.313 e. The van der Waals surface area contributed by atoms with Crippen LogP contribution in [0.3, 0.4) is 0 Å². The molecule has 14 aliphatic rings. The number of esters is 1. The zero-order valence-electron chi connectivity index (χ0n) is 52.2. The average molecular weight is 1320 g/mol. The summed E-state index contributed by atoms with van der Waals surface area (Å²) in [5.74, 6) is 0.0741. The number of carbonyl (C=O) groups excluding carboxylic acids is 7.